The van der Waals surface area contributed by atoms with E-state index in [9.17, 15) is 13.2 Å². The quantitative estimate of drug-likeness (QED) is 0.655. The lowest BCUT2D eigenvalue weighted by molar-refractivity contribution is 0.0989. The van der Waals surface area contributed by atoms with Crippen molar-refractivity contribution in [2.45, 2.75) is 18.2 Å². The van der Waals surface area contributed by atoms with Gasteiger partial charge >= 0.3 is 0 Å². The van der Waals surface area contributed by atoms with E-state index in [1.54, 1.807) is 30.3 Å². The first-order chi connectivity index (χ1) is 11.5. The van der Waals surface area contributed by atoms with Gasteiger partial charge in [0.15, 0.2) is 15.6 Å². The van der Waals surface area contributed by atoms with Gasteiger partial charge in [0.2, 0.25) is 0 Å². The molecule has 0 saturated heterocycles. The second kappa shape index (κ2) is 6.57. The Bertz CT molecular complexity index is 987. The predicted octanol–water partition coefficient (Wildman–Crippen LogP) is 4.19. The zero-order valence-electron chi connectivity index (χ0n) is 13.4. The van der Waals surface area contributed by atoms with Crippen LogP contribution < -0.4 is 0 Å². The summed E-state index contributed by atoms with van der Waals surface area (Å²) >= 11 is 0. The summed E-state index contributed by atoms with van der Waals surface area (Å²) in [6.07, 6.45) is -0.0193. The normalized spacial score (nSPS) is 11.5. The summed E-state index contributed by atoms with van der Waals surface area (Å²) in [4.78, 5) is 12.6. The van der Waals surface area contributed by atoms with Crippen molar-refractivity contribution in [3.63, 3.8) is 0 Å². The number of benzene rings is 3. The fourth-order valence-corrected chi connectivity index (χ4v) is 3.84. The molecule has 0 aromatic heterocycles. The lowest BCUT2D eigenvalue weighted by atomic mass is 10.0. The minimum absolute atomic E-state index is 0.0193. The number of sulfone groups is 1. The molecule has 0 aliphatic rings. The number of carbonyl (C=O) groups excluding carboxylic acids is 1. The van der Waals surface area contributed by atoms with E-state index in [2.05, 4.69) is 0 Å². The Kier molecular flexibility index (Phi) is 4.49. The minimum Gasteiger partial charge on any atom is -0.294 e. The Labute approximate surface area is 141 Å². The van der Waals surface area contributed by atoms with Crippen molar-refractivity contribution in [2.24, 2.45) is 0 Å². The van der Waals surface area contributed by atoms with E-state index in [1.165, 1.54) is 0 Å². The molecule has 0 fully saturated rings. The first-order valence-electron chi connectivity index (χ1n) is 7.77. The molecule has 122 valence electrons. The number of aryl methyl sites for hydroxylation is 1. The maximum Gasteiger partial charge on any atom is 0.178 e. The smallest absolute Gasteiger partial charge is 0.178 e. The number of hydrogen-bond acceptors (Lipinski definition) is 3. The highest BCUT2D eigenvalue weighted by Gasteiger charge is 2.17. The molecular formula is C20H18O3S. The number of hydrogen-bond donors (Lipinski definition) is 0. The van der Waals surface area contributed by atoms with Gasteiger partial charge in [-0.05, 0) is 35.9 Å². The highest BCUT2D eigenvalue weighted by atomic mass is 32.2. The van der Waals surface area contributed by atoms with Crippen molar-refractivity contribution in [3.8, 4) is 0 Å². The van der Waals surface area contributed by atoms with Gasteiger partial charge in [-0.2, -0.15) is 0 Å². The Hall–Kier alpha value is -2.46. The number of ketones is 1. The summed E-state index contributed by atoms with van der Waals surface area (Å²) in [5, 5.41) is 2.03. The maximum absolute atomic E-state index is 12.4. The lowest BCUT2D eigenvalue weighted by Crippen LogP contribution is -2.11. The van der Waals surface area contributed by atoms with Crippen LogP contribution in [-0.4, -0.2) is 20.0 Å². The van der Waals surface area contributed by atoms with Crippen LogP contribution in [-0.2, 0) is 9.84 Å². The molecular weight excluding hydrogens is 320 g/mol. The monoisotopic (exact) mass is 338 g/mol. The molecule has 0 heterocycles. The van der Waals surface area contributed by atoms with E-state index < -0.39 is 9.84 Å². The number of carbonyl (C=O) groups is 1. The Morgan fingerprint density at radius 2 is 1.54 bits per heavy atom. The van der Waals surface area contributed by atoms with Gasteiger partial charge in [0.05, 0.1) is 10.6 Å². The van der Waals surface area contributed by atoms with Crippen molar-refractivity contribution in [1.82, 2.24) is 0 Å². The van der Waals surface area contributed by atoms with Crippen molar-refractivity contribution in [2.75, 3.05) is 5.75 Å². The average Bonchev–Trinajstić information content (AvgIpc) is 2.59. The van der Waals surface area contributed by atoms with Gasteiger partial charge in [-0.1, -0.05) is 54.1 Å². The van der Waals surface area contributed by atoms with E-state index in [0.29, 0.717) is 5.56 Å². The molecule has 3 rings (SSSR count). The Morgan fingerprint density at radius 3 is 2.25 bits per heavy atom. The Balaban J connectivity index is 1.75. The largest absolute Gasteiger partial charge is 0.294 e. The molecule has 4 heteroatoms. The molecule has 0 radical (unpaired) electrons. The molecule has 0 unspecified atom stereocenters. The lowest BCUT2D eigenvalue weighted by Gasteiger charge is -2.06. The molecule has 0 spiro atoms. The summed E-state index contributed by atoms with van der Waals surface area (Å²) in [5.74, 6) is -0.335. The van der Waals surface area contributed by atoms with Gasteiger partial charge in [0.1, 0.15) is 0 Å². The van der Waals surface area contributed by atoms with Gasteiger partial charge in [-0.15, -0.1) is 0 Å². The molecule has 0 atom stereocenters. The molecule has 0 amide bonds. The molecule has 3 aromatic rings. The van der Waals surface area contributed by atoms with Crippen LogP contribution >= 0.6 is 0 Å². The topological polar surface area (TPSA) is 51.2 Å². The van der Waals surface area contributed by atoms with E-state index in [1.807, 2.05) is 43.3 Å². The van der Waals surface area contributed by atoms with E-state index in [4.69, 9.17) is 0 Å². The van der Waals surface area contributed by atoms with Crippen LogP contribution in [0.3, 0.4) is 0 Å². The maximum atomic E-state index is 12.4. The van der Waals surface area contributed by atoms with E-state index in [-0.39, 0.29) is 22.9 Å². The van der Waals surface area contributed by atoms with Gasteiger partial charge in [0, 0.05) is 12.0 Å². The molecule has 3 nitrogen and oxygen atoms in total. The molecule has 24 heavy (non-hydrogen) atoms. The SMILES string of the molecule is Cc1ccc(S(=O)(=O)CCC(=O)c2ccc3ccccc3c2)cc1. The number of rotatable bonds is 5. The number of fused-ring (bicyclic) bond motifs is 1. The first-order valence-corrected chi connectivity index (χ1v) is 9.42. The predicted molar refractivity (Wildman–Crippen MR) is 96.1 cm³/mol. The van der Waals surface area contributed by atoms with Crippen LogP contribution in [0.25, 0.3) is 10.8 Å². The summed E-state index contributed by atoms with van der Waals surface area (Å²) in [6, 6.07) is 19.9. The van der Waals surface area contributed by atoms with Gasteiger partial charge in [-0.3, -0.25) is 4.79 Å². The zero-order valence-corrected chi connectivity index (χ0v) is 14.2. The highest BCUT2D eigenvalue weighted by molar-refractivity contribution is 7.91. The molecule has 3 aromatic carbocycles. The molecule has 0 saturated carbocycles. The van der Waals surface area contributed by atoms with E-state index >= 15 is 0 Å². The zero-order chi connectivity index (χ0) is 17.2. The molecule has 0 aliphatic heterocycles. The Morgan fingerprint density at radius 1 is 0.875 bits per heavy atom. The molecule has 0 bridgehead atoms. The van der Waals surface area contributed by atoms with Crippen molar-refractivity contribution in [1.29, 1.82) is 0 Å². The van der Waals surface area contributed by atoms with Crippen LogP contribution in [0.5, 0.6) is 0 Å². The second-order valence-electron chi connectivity index (χ2n) is 5.87. The van der Waals surface area contributed by atoms with Crippen molar-refractivity contribution in [3.05, 3.63) is 77.9 Å². The van der Waals surface area contributed by atoms with Crippen molar-refractivity contribution >= 4 is 26.4 Å². The van der Waals surface area contributed by atoms with Gasteiger partial charge in [-0.25, -0.2) is 8.42 Å². The van der Waals surface area contributed by atoms with Crippen LogP contribution in [0.4, 0.5) is 0 Å². The van der Waals surface area contributed by atoms with Gasteiger partial charge in [0.25, 0.3) is 0 Å². The average molecular weight is 338 g/mol. The fourth-order valence-electron chi connectivity index (χ4n) is 2.60. The van der Waals surface area contributed by atoms with Crippen LogP contribution in [0.1, 0.15) is 22.3 Å². The summed E-state index contributed by atoms with van der Waals surface area (Å²) < 4.78 is 24.7. The van der Waals surface area contributed by atoms with Gasteiger partial charge < -0.3 is 0 Å². The molecule has 0 aliphatic carbocycles. The third kappa shape index (κ3) is 3.54. The van der Waals surface area contributed by atoms with E-state index in [0.717, 1.165) is 16.3 Å². The van der Waals surface area contributed by atoms with Crippen LogP contribution in [0.2, 0.25) is 0 Å². The first kappa shape index (κ1) is 16.4. The van der Waals surface area contributed by atoms with Crippen molar-refractivity contribution < 1.29 is 13.2 Å². The third-order valence-electron chi connectivity index (χ3n) is 4.05. The standard InChI is InChI=1S/C20H18O3S/c1-15-6-10-19(11-7-15)24(22,23)13-12-20(21)18-9-8-16-4-2-3-5-17(16)14-18/h2-11,14H,12-13H2,1H3. The summed E-state index contributed by atoms with van der Waals surface area (Å²) in [5.41, 5.74) is 1.55. The summed E-state index contributed by atoms with van der Waals surface area (Å²) in [7, 11) is -3.44. The number of Topliss-reactive ketones (excluding diaryl/α,β-unsaturated/α-hetero) is 1. The fraction of sp³-hybridized carbons (Fsp3) is 0.150. The second-order valence-corrected chi connectivity index (χ2v) is 7.98. The summed E-state index contributed by atoms with van der Waals surface area (Å²) in [6.45, 7) is 1.90. The highest BCUT2D eigenvalue weighted by Crippen LogP contribution is 2.18. The van der Waals surface area contributed by atoms with Crippen LogP contribution in [0, 0.1) is 6.92 Å². The van der Waals surface area contributed by atoms with Crippen LogP contribution in [0.15, 0.2) is 71.6 Å². The third-order valence-corrected chi connectivity index (χ3v) is 5.78. The minimum atomic E-state index is -3.44. The molecule has 0 N–H and O–H groups in total.